The molecule has 1 rings (SSSR count). The molecule has 0 unspecified atom stereocenters. The molecule has 0 amide bonds. The minimum absolute atomic E-state index is 0.589. The summed E-state index contributed by atoms with van der Waals surface area (Å²) in [5, 5.41) is 2.08. The van der Waals surface area contributed by atoms with Crippen LogP contribution in [0.2, 0.25) is 0 Å². The first-order valence-corrected chi connectivity index (χ1v) is 4.69. The van der Waals surface area contributed by atoms with Crippen molar-refractivity contribution in [3.63, 3.8) is 0 Å². The normalized spacial score (nSPS) is 9.82. The summed E-state index contributed by atoms with van der Waals surface area (Å²) in [6, 6.07) is 4.20. The second-order valence-corrected chi connectivity index (χ2v) is 3.46. The monoisotopic (exact) mass is 167 g/mol. The maximum Gasteiger partial charge on any atom is 0.198 e. The first-order chi connectivity index (χ1) is 5.43. The third-order valence-corrected chi connectivity index (χ3v) is 2.47. The molecule has 59 valence electrons. The van der Waals surface area contributed by atoms with Gasteiger partial charge in [0.05, 0.1) is 0 Å². The van der Waals surface area contributed by atoms with Gasteiger partial charge in [0.15, 0.2) is 6.29 Å². The molecule has 0 saturated heterocycles. The van der Waals surface area contributed by atoms with Crippen molar-refractivity contribution in [3.8, 4) is 0 Å². The van der Waals surface area contributed by atoms with E-state index >= 15 is 0 Å². The van der Waals surface area contributed by atoms with Crippen LogP contribution in [0.15, 0.2) is 17.5 Å². The molecule has 1 radical (unpaired) electrons. The molecular formula is C9H11OS. The Morgan fingerprint density at radius 3 is 3.00 bits per heavy atom. The van der Waals surface area contributed by atoms with Gasteiger partial charge in [-0.05, 0) is 30.7 Å². The highest BCUT2D eigenvalue weighted by atomic mass is 32.1. The van der Waals surface area contributed by atoms with Crippen LogP contribution in [-0.2, 0) is 11.2 Å². The van der Waals surface area contributed by atoms with E-state index in [4.69, 9.17) is 0 Å². The Labute approximate surface area is 71.1 Å². The molecule has 2 heteroatoms. The summed E-state index contributed by atoms with van der Waals surface area (Å²) in [5.41, 5.74) is 0. The van der Waals surface area contributed by atoms with Gasteiger partial charge in [-0.3, -0.25) is 4.79 Å². The third kappa shape index (κ3) is 3.33. The van der Waals surface area contributed by atoms with E-state index in [1.54, 1.807) is 11.3 Å². The van der Waals surface area contributed by atoms with Crippen LogP contribution in [0.4, 0.5) is 0 Å². The average Bonchev–Trinajstić information content (AvgIpc) is 2.50. The van der Waals surface area contributed by atoms with Crippen LogP contribution in [0.1, 0.15) is 24.1 Å². The van der Waals surface area contributed by atoms with Crippen molar-refractivity contribution in [3.05, 3.63) is 22.4 Å². The van der Waals surface area contributed by atoms with Gasteiger partial charge in [-0.2, -0.15) is 0 Å². The molecule has 0 fully saturated rings. The van der Waals surface area contributed by atoms with Gasteiger partial charge >= 0.3 is 0 Å². The summed E-state index contributed by atoms with van der Waals surface area (Å²) >= 11 is 1.78. The molecule has 0 atom stereocenters. The smallest absolute Gasteiger partial charge is 0.198 e. The Hall–Kier alpha value is -0.630. The van der Waals surface area contributed by atoms with Gasteiger partial charge in [-0.1, -0.05) is 6.07 Å². The zero-order valence-corrected chi connectivity index (χ0v) is 7.19. The Morgan fingerprint density at radius 1 is 1.45 bits per heavy atom. The highest BCUT2D eigenvalue weighted by molar-refractivity contribution is 7.09. The van der Waals surface area contributed by atoms with E-state index < -0.39 is 0 Å². The Balaban J connectivity index is 2.09. The molecule has 0 spiro atoms. The van der Waals surface area contributed by atoms with Gasteiger partial charge < -0.3 is 0 Å². The number of carbonyl (C=O) groups excluding carboxylic acids is 1. The lowest BCUT2D eigenvalue weighted by molar-refractivity contribution is 0.547. The van der Waals surface area contributed by atoms with Gasteiger partial charge in [0.2, 0.25) is 0 Å². The molecule has 0 saturated carbocycles. The molecule has 0 bridgehead atoms. The molecule has 1 aromatic heterocycles. The van der Waals surface area contributed by atoms with Crippen LogP contribution in [0.5, 0.6) is 0 Å². The number of hydrogen-bond donors (Lipinski definition) is 0. The Bertz CT molecular complexity index is 191. The van der Waals surface area contributed by atoms with Gasteiger partial charge in [-0.25, -0.2) is 0 Å². The lowest BCUT2D eigenvalue weighted by Crippen LogP contribution is -1.81. The zero-order chi connectivity index (χ0) is 7.94. The number of rotatable bonds is 5. The van der Waals surface area contributed by atoms with Crippen molar-refractivity contribution < 1.29 is 4.79 Å². The van der Waals surface area contributed by atoms with Crippen LogP contribution >= 0.6 is 11.3 Å². The van der Waals surface area contributed by atoms with E-state index in [1.807, 2.05) is 6.29 Å². The number of aryl methyl sites for hydroxylation is 1. The lowest BCUT2D eigenvalue weighted by Gasteiger charge is -1.92. The first kappa shape index (κ1) is 8.47. The summed E-state index contributed by atoms with van der Waals surface area (Å²) in [4.78, 5) is 11.3. The molecule has 1 aromatic rings. The minimum Gasteiger partial charge on any atom is -0.291 e. The maximum absolute atomic E-state index is 9.84. The fourth-order valence-electron chi connectivity index (χ4n) is 0.951. The van der Waals surface area contributed by atoms with Crippen molar-refractivity contribution in [1.82, 2.24) is 0 Å². The first-order valence-electron chi connectivity index (χ1n) is 3.81. The number of thiophene rings is 1. The van der Waals surface area contributed by atoms with Crippen molar-refractivity contribution in [2.45, 2.75) is 25.7 Å². The van der Waals surface area contributed by atoms with E-state index in [0.717, 1.165) is 19.3 Å². The molecule has 0 aliphatic carbocycles. The third-order valence-electron chi connectivity index (χ3n) is 1.53. The number of unbranched alkanes of at least 4 members (excludes halogenated alkanes) is 2. The Morgan fingerprint density at radius 2 is 2.36 bits per heavy atom. The number of hydrogen-bond acceptors (Lipinski definition) is 2. The quantitative estimate of drug-likeness (QED) is 0.616. The molecule has 0 aliphatic rings. The largest absolute Gasteiger partial charge is 0.291 e. The van der Waals surface area contributed by atoms with Crippen molar-refractivity contribution >= 4 is 17.6 Å². The molecule has 0 aliphatic heterocycles. The van der Waals surface area contributed by atoms with Crippen LogP contribution in [0.25, 0.3) is 0 Å². The zero-order valence-electron chi connectivity index (χ0n) is 6.38. The SMILES string of the molecule is O=[C]CCCCc1cccs1. The van der Waals surface area contributed by atoms with E-state index in [0.29, 0.717) is 6.42 Å². The van der Waals surface area contributed by atoms with E-state index in [-0.39, 0.29) is 0 Å². The van der Waals surface area contributed by atoms with Crippen molar-refractivity contribution in [2.75, 3.05) is 0 Å². The van der Waals surface area contributed by atoms with Crippen molar-refractivity contribution in [1.29, 1.82) is 0 Å². The highest BCUT2D eigenvalue weighted by Crippen LogP contribution is 2.11. The Kier molecular flexibility index (Phi) is 3.91. The van der Waals surface area contributed by atoms with E-state index in [9.17, 15) is 4.79 Å². The van der Waals surface area contributed by atoms with Gasteiger partial charge in [0, 0.05) is 11.3 Å². The van der Waals surface area contributed by atoms with Gasteiger partial charge in [0.1, 0.15) is 0 Å². The van der Waals surface area contributed by atoms with Crippen molar-refractivity contribution in [2.24, 2.45) is 0 Å². The molecule has 11 heavy (non-hydrogen) atoms. The highest BCUT2D eigenvalue weighted by Gasteiger charge is 1.92. The second kappa shape index (κ2) is 5.08. The predicted octanol–water partition coefficient (Wildman–Crippen LogP) is 2.57. The summed E-state index contributed by atoms with van der Waals surface area (Å²) < 4.78 is 0. The molecule has 0 aromatic carbocycles. The molecule has 1 heterocycles. The summed E-state index contributed by atoms with van der Waals surface area (Å²) in [6.45, 7) is 0. The standard InChI is InChI=1S/C9H11OS/c10-7-3-1-2-5-9-6-4-8-11-9/h4,6,8H,1-3,5H2. The lowest BCUT2D eigenvalue weighted by atomic mass is 10.2. The van der Waals surface area contributed by atoms with Crippen LogP contribution in [-0.4, -0.2) is 6.29 Å². The molecular weight excluding hydrogens is 156 g/mol. The van der Waals surface area contributed by atoms with Gasteiger partial charge in [-0.15, -0.1) is 11.3 Å². The summed E-state index contributed by atoms with van der Waals surface area (Å²) in [6.07, 6.45) is 5.68. The maximum atomic E-state index is 9.84. The average molecular weight is 167 g/mol. The van der Waals surface area contributed by atoms with Crippen LogP contribution < -0.4 is 0 Å². The summed E-state index contributed by atoms with van der Waals surface area (Å²) in [5.74, 6) is 0. The fourth-order valence-corrected chi connectivity index (χ4v) is 1.70. The minimum atomic E-state index is 0.589. The molecule has 1 nitrogen and oxygen atoms in total. The van der Waals surface area contributed by atoms with E-state index in [2.05, 4.69) is 17.5 Å². The topological polar surface area (TPSA) is 17.1 Å². The van der Waals surface area contributed by atoms with Crippen LogP contribution in [0, 0.1) is 0 Å². The van der Waals surface area contributed by atoms with Gasteiger partial charge in [0.25, 0.3) is 0 Å². The molecule has 0 N–H and O–H groups in total. The fraction of sp³-hybridized carbons (Fsp3) is 0.444. The van der Waals surface area contributed by atoms with E-state index in [1.165, 1.54) is 4.88 Å². The second-order valence-electron chi connectivity index (χ2n) is 2.43. The summed E-state index contributed by atoms with van der Waals surface area (Å²) in [7, 11) is 0. The predicted molar refractivity (Wildman–Crippen MR) is 47.6 cm³/mol. The van der Waals surface area contributed by atoms with Crippen LogP contribution in [0.3, 0.4) is 0 Å².